The Morgan fingerprint density at radius 3 is 2.50 bits per heavy atom. The second-order valence-electron chi connectivity index (χ2n) is 2.92. The molecule has 0 saturated heterocycles. The average Bonchev–Trinajstić information content (AvgIpc) is 2.64. The van der Waals surface area contributed by atoms with Crippen LogP contribution in [-0.2, 0) is 0 Å². The minimum atomic E-state index is 0.655. The summed E-state index contributed by atoms with van der Waals surface area (Å²) in [7, 11) is 0. The van der Waals surface area contributed by atoms with Crippen molar-refractivity contribution in [2.75, 3.05) is 5.73 Å². The van der Waals surface area contributed by atoms with Crippen molar-refractivity contribution in [3.8, 4) is 5.69 Å². The van der Waals surface area contributed by atoms with Gasteiger partial charge in [-0.15, -0.1) is 0 Å². The predicted molar refractivity (Wildman–Crippen MR) is 62.9 cm³/mol. The molecule has 2 rings (SSSR count). The van der Waals surface area contributed by atoms with E-state index in [1.165, 1.54) is 0 Å². The van der Waals surface area contributed by atoms with Crippen LogP contribution in [0.25, 0.3) is 5.69 Å². The summed E-state index contributed by atoms with van der Waals surface area (Å²) in [4.78, 5) is 0. The number of benzene rings is 1. The monoisotopic (exact) mass is 270 g/mol. The molecule has 0 fully saturated rings. The topological polar surface area (TPSA) is 30.9 Å². The van der Waals surface area contributed by atoms with Crippen LogP contribution in [0.2, 0.25) is 5.02 Å². The van der Waals surface area contributed by atoms with Crippen LogP contribution >= 0.6 is 27.5 Å². The lowest BCUT2D eigenvalue weighted by molar-refractivity contribution is 1.08. The van der Waals surface area contributed by atoms with Crippen molar-refractivity contribution in [1.82, 2.24) is 4.57 Å². The summed E-state index contributed by atoms with van der Waals surface area (Å²) in [5, 5.41) is 0.655. The number of rotatable bonds is 1. The van der Waals surface area contributed by atoms with Gasteiger partial charge in [0, 0.05) is 16.9 Å². The second kappa shape index (κ2) is 3.67. The van der Waals surface area contributed by atoms with Gasteiger partial charge in [0.1, 0.15) is 0 Å². The molecule has 0 aliphatic heterocycles. The van der Waals surface area contributed by atoms with Gasteiger partial charge in [-0.05, 0) is 40.2 Å². The zero-order valence-corrected chi connectivity index (χ0v) is 9.59. The van der Waals surface area contributed by atoms with Gasteiger partial charge in [0.2, 0.25) is 0 Å². The number of nitrogens with two attached hydrogens (primary N) is 1. The molecule has 0 radical (unpaired) electrons. The summed E-state index contributed by atoms with van der Waals surface area (Å²) in [6.07, 6.45) is 3.85. The van der Waals surface area contributed by atoms with Crippen LogP contribution < -0.4 is 5.73 Å². The third-order valence-corrected chi connectivity index (χ3v) is 3.15. The van der Waals surface area contributed by atoms with Crippen molar-refractivity contribution in [3.05, 3.63) is 46.2 Å². The molecule has 72 valence electrons. The maximum absolute atomic E-state index is 5.99. The van der Waals surface area contributed by atoms with E-state index in [-0.39, 0.29) is 0 Å². The van der Waals surface area contributed by atoms with Crippen LogP contribution in [-0.4, -0.2) is 4.57 Å². The molecule has 2 N–H and O–H groups in total. The Balaban J connectivity index is 2.60. The van der Waals surface area contributed by atoms with Crippen LogP contribution in [0.4, 0.5) is 5.69 Å². The van der Waals surface area contributed by atoms with Crippen LogP contribution in [0.1, 0.15) is 0 Å². The number of nitrogen functional groups attached to an aromatic ring is 1. The van der Waals surface area contributed by atoms with Crippen LogP contribution in [0.5, 0.6) is 0 Å². The minimum absolute atomic E-state index is 0.655. The maximum atomic E-state index is 5.99. The summed E-state index contributed by atoms with van der Waals surface area (Å²) in [5.41, 5.74) is 7.46. The van der Waals surface area contributed by atoms with E-state index < -0.39 is 0 Å². The molecule has 0 bridgehead atoms. The quantitative estimate of drug-likeness (QED) is 0.791. The van der Waals surface area contributed by atoms with Gasteiger partial charge in [-0.25, -0.2) is 0 Å². The van der Waals surface area contributed by atoms with Crippen LogP contribution in [0.3, 0.4) is 0 Å². The molecular formula is C10H8BrClN2. The molecule has 4 heteroatoms. The molecule has 14 heavy (non-hydrogen) atoms. The normalized spacial score (nSPS) is 10.4. The Kier molecular flexibility index (Phi) is 2.52. The van der Waals surface area contributed by atoms with E-state index in [1.807, 2.05) is 35.2 Å². The van der Waals surface area contributed by atoms with E-state index in [2.05, 4.69) is 15.9 Å². The van der Waals surface area contributed by atoms with Gasteiger partial charge in [-0.3, -0.25) is 0 Å². The lowest BCUT2D eigenvalue weighted by Crippen LogP contribution is -1.97. The molecule has 0 spiro atoms. The minimum Gasteiger partial charge on any atom is -0.397 e. The van der Waals surface area contributed by atoms with Gasteiger partial charge in [0.15, 0.2) is 0 Å². The molecule has 2 nitrogen and oxygen atoms in total. The standard InChI is InChI=1S/C10H8BrClN2/c11-7-5-9(13)10(6-8(7)12)14-3-1-2-4-14/h1-6H,13H2. The van der Waals surface area contributed by atoms with Crippen molar-refractivity contribution < 1.29 is 0 Å². The van der Waals surface area contributed by atoms with Gasteiger partial charge >= 0.3 is 0 Å². The zero-order valence-electron chi connectivity index (χ0n) is 7.24. The molecule has 0 aliphatic rings. The summed E-state index contributed by atoms with van der Waals surface area (Å²) in [5.74, 6) is 0. The smallest absolute Gasteiger partial charge is 0.0696 e. The van der Waals surface area contributed by atoms with E-state index in [4.69, 9.17) is 17.3 Å². The first kappa shape index (κ1) is 9.62. The lowest BCUT2D eigenvalue weighted by atomic mass is 10.2. The van der Waals surface area contributed by atoms with E-state index in [9.17, 15) is 0 Å². The van der Waals surface area contributed by atoms with E-state index in [1.54, 1.807) is 6.07 Å². The molecule has 0 atom stereocenters. The van der Waals surface area contributed by atoms with Gasteiger partial charge in [-0.1, -0.05) is 11.6 Å². The molecule has 0 unspecified atom stereocenters. The Labute approximate surface area is 95.4 Å². The molecule has 0 aliphatic carbocycles. The third-order valence-electron chi connectivity index (χ3n) is 1.95. The van der Waals surface area contributed by atoms with Crippen molar-refractivity contribution in [2.45, 2.75) is 0 Å². The molecule has 2 aromatic rings. The number of halogens is 2. The zero-order chi connectivity index (χ0) is 10.1. The number of aromatic nitrogens is 1. The van der Waals surface area contributed by atoms with Gasteiger partial charge in [-0.2, -0.15) is 0 Å². The molecular weight excluding hydrogens is 263 g/mol. The highest BCUT2D eigenvalue weighted by molar-refractivity contribution is 9.10. The van der Waals surface area contributed by atoms with E-state index >= 15 is 0 Å². The maximum Gasteiger partial charge on any atom is 0.0696 e. The largest absolute Gasteiger partial charge is 0.397 e. The fourth-order valence-corrected chi connectivity index (χ4v) is 1.79. The number of hydrogen-bond donors (Lipinski definition) is 1. The highest BCUT2D eigenvalue weighted by atomic mass is 79.9. The predicted octanol–water partition coefficient (Wildman–Crippen LogP) is 3.48. The Morgan fingerprint density at radius 2 is 1.86 bits per heavy atom. The van der Waals surface area contributed by atoms with Crippen molar-refractivity contribution in [1.29, 1.82) is 0 Å². The molecule has 1 heterocycles. The fraction of sp³-hybridized carbons (Fsp3) is 0. The van der Waals surface area contributed by atoms with Gasteiger partial charge < -0.3 is 10.3 Å². The first-order valence-electron chi connectivity index (χ1n) is 4.06. The Bertz CT molecular complexity index is 451. The average molecular weight is 272 g/mol. The summed E-state index contributed by atoms with van der Waals surface area (Å²) in [6.45, 7) is 0. The SMILES string of the molecule is Nc1cc(Br)c(Cl)cc1-n1cccc1. The molecule has 0 amide bonds. The fourth-order valence-electron chi connectivity index (χ4n) is 1.27. The molecule has 1 aromatic heterocycles. The third kappa shape index (κ3) is 1.65. The number of nitrogens with zero attached hydrogens (tertiary/aromatic N) is 1. The molecule has 1 aromatic carbocycles. The highest BCUT2D eigenvalue weighted by Crippen LogP contribution is 2.29. The number of hydrogen-bond acceptors (Lipinski definition) is 1. The first-order chi connectivity index (χ1) is 6.68. The van der Waals surface area contributed by atoms with Crippen molar-refractivity contribution >= 4 is 33.2 Å². The second-order valence-corrected chi connectivity index (χ2v) is 4.18. The number of anilines is 1. The summed E-state index contributed by atoms with van der Waals surface area (Å²) in [6, 6.07) is 7.52. The van der Waals surface area contributed by atoms with E-state index in [0.717, 1.165) is 10.2 Å². The van der Waals surface area contributed by atoms with Crippen LogP contribution in [0.15, 0.2) is 41.1 Å². The van der Waals surface area contributed by atoms with E-state index in [0.29, 0.717) is 10.7 Å². The van der Waals surface area contributed by atoms with Crippen LogP contribution in [0, 0.1) is 0 Å². The first-order valence-corrected chi connectivity index (χ1v) is 5.23. The highest BCUT2D eigenvalue weighted by Gasteiger charge is 2.05. The van der Waals surface area contributed by atoms with Crippen molar-refractivity contribution in [2.24, 2.45) is 0 Å². The molecule has 0 saturated carbocycles. The van der Waals surface area contributed by atoms with Crippen molar-refractivity contribution in [3.63, 3.8) is 0 Å². The van der Waals surface area contributed by atoms with Gasteiger partial charge in [0.25, 0.3) is 0 Å². The summed E-state index contributed by atoms with van der Waals surface area (Å²) >= 11 is 9.31. The lowest BCUT2D eigenvalue weighted by Gasteiger charge is -2.08. The summed E-state index contributed by atoms with van der Waals surface area (Å²) < 4.78 is 2.74. The Morgan fingerprint density at radius 1 is 1.21 bits per heavy atom. The Hall–Kier alpha value is -0.930. The van der Waals surface area contributed by atoms with Gasteiger partial charge in [0.05, 0.1) is 16.4 Å².